The van der Waals surface area contributed by atoms with Crippen LogP contribution in [-0.4, -0.2) is 38.8 Å². The second kappa shape index (κ2) is 11.9. The highest BCUT2D eigenvalue weighted by Gasteiger charge is 2.00. The Labute approximate surface area is 105 Å². The van der Waals surface area contributed by atoms with Crippen LogP contribution in [0.5, 0.6) is 0 Å². The Balaban J connectivity index is 3.14. The van der Waals surface area contributed by atoms with Gasteiger partial charge in [0, 0.05) is 19.8 Å². The maximum Gasteiger partial charge on any atom is 0.233 e. The topological polar surface area (TPSA) is 50.4 Å². The van der Waals surface area contributed by atoms with E-state index >= 15 is 0 Å². The number of amides is 1. The van der Waals surface area contributed by atoms with Crippen molar-refractivity contribution in [2.45, 2.75) is 40.0 Å². The SMILES string of the molecule is CCCCOCCCNCC(=O)NCC(C)C. The summed E-state index contributed by atoms with van der Waals surface area (Å²) in [6.07, 6.45) is 3.26. The van der Waals surface area contributed by atoms with Crippen molar-refractivity contribution in [2.75, 3.05) is 32.8 Å². The Kier molecular flexibility index (Phi) is 11.4. The molecule has 4 heteroatoms. The van der Waals surface area contributed by atoms with Crippen LogP contribution in [0.15, 0.2) is 0 Å². The van der Waals surface area contributed by atoms with Gasteiger partial charge in [0.1, 0.15) is 0 Å². The second-order valence-electron chi connectivity index (χ2n) is 4.69. The molecule has 0 bridgehead atoms. The molecule has 0 heterocycles. The van der Waals surface area contributed by atoms with Crippen molar-refractivity contribution >= 4 is 5.91 Å². The predicted molar refractivity (Wildman–Crippen MR) is 71.1 cm³/mol. The van der Waals surface area contributed by atoms with E-state index in [1.165, 1.54) is 6.42 Å². The van der Waals surface area contributed by atoms with Crippen molar-refractivity contribution in [3.05, 3.63) is 0 Å². The van der Waals surface area contributed by atoms with Crippen LogP contribution in [0.3, 0.4) is 0 Å². The predicted octanol–water partition coefficient (Wildman–Crippen LogP) is 1.55. The maximum atomic E-state index is 11.3. The summed E-state index contributed by atoms with van der Waals surface area (Å²) in [5, 5.41) is 5.98. The van der Waals surface area contributed by atoms with Gasteiger partial charge in [-0.15, -0.1) is 0 Å². The van der Waals surface area contributed by atoms with E-state index < -0.39 is 0 Å². The normalized spacial score (nSPS) is 10.8. The molecule has 0 rings (SSSR count). The Morgan fingerprint density at radius 1 is 1.24 bits per heavy atom. The van der Waals surface area contributed by atoms with Crippen molar-refractivity contribution in [1.82, 2.24) is 10.6 Å². The third kappa shape index (κ3) is 13.3. The Bertz CT molecular complexity index is 184. The minimum absolute atomic E-state index is 0.0746. The summed E-state index contributed by atoms with van der Waals surface area (Å²) >= 11 is 0. The van der Waals surface area contributed by atoms with E-state index in [2.05, 4.69) is 31.4 Å². The Morgan fingerprint density at radius 3 is 2.59 bits per heavy atom. The number of ether oxygens (including phenoxy) is 1. The molecule has 0 aromatic heterocycles. The van der Waals surface area contributed by atoms with Crippen molar-refractivity contribution in [3.8, 4) is 0 Å². The summed E-state index contributed by atoms with van der Waals surface area (Å²) in [5.74, 6) is 0.580. The summed E-state index contributed by atoms with van der Waals surface area (Å²) in [6.45, 7) is 9.94. The third-order valence-corrected chi connectivity index (χ3v) is 2.28. The lowest BCUT2D eigenvalue weighted by Gasteiger charge is -2.08. The van der Waals surface area contributed by atoms with E-state index in [-0.39, 0.29) is 5.91 Å². The highest BCUT2D eigenvalue weighted by atomic mass is 16.5. The Hall–Kier alpha value is -0.610. The fourth-order valence-electron chi connectivity index (χ4n) is 1.23. The molecule has 0 unspecified atom stereocenters. The van der Waals surface area contributed by atoms with E-state index in [0.29, 0.717) is 12.5 Å². The van der Waals surface area contributed by atoms with Crippen molar-refractivity contribution in [1.29, 1.82) is 0 Å². The average molecular weight is 244 g/mol. The van der Waals surface area contributed by atoms with Crippen molar-refractivity contribution < 1.29 is 9.53 Å². The number of nitrogens with one attached hydrogen (secondary N) is 2. The van der Waals surface area contributed by atoms with Gasteiger partial charge in [-0.25, -0.2) is 0 Å². The van der Waals surface area contributed by atoms with E-state index in [9.17, 15) is 4.79 Å². The first-order valence-electron chi connectivity index (χ1n) is 6.72. The lowest BCUT2D eigenvalue weighted by Crippen LogP contribution is -2.36. The smallest absolute Gasteiger partial charge is 0.233 e. The zero-order valence-electron chi connectivity index (χ0n) is 11.6. The van der Waals surface area contributed by atoms with Crippen LogP contribution in [0.4, 0.5) is 0 Å². The second-order valence-corrected chi connectivity index (χ2v) is 4.69. The largest absolute Gasteiger partial charge is 0.381 e. The van der Waals surface area contributed by atoms with Crippen LogP contribution in [0, 0.1) is 5.92 Å². The van der Waals surface area contributed by atoms with Crippen molar-refractivity contribution in [2.24, 2.45) is 5.92 Å². The van der Waals surface area contributed by atoms with Crippen LogP contribution in [0.25, 0.3) is 0 Å². The van der Waals surface area contributed by atoms with Gasteiger partial charge in [0.2, 0.25) is 5.91 Å². The molecule has 2 N–H and O–H groups in total. The van der Waals surface area contributed by atoms with Crippen molar-refractivity contribution in [3.63, 3.8) is 0 Å². The van der Waals surface area contributed by atoms with Crippen LogP contribution < -0.4 is 10.6 Å². The molecule has 1 amide bonds. The number of hydrogen-bond acceptors (Lipinski definition) is 3. The van der Waals surface area contributed by atoms with Crippen LogP contribution >= 0.6 is 0 Å². The molecule has 0 fully saturated rings. The molecule has 0 aliphatic carbocycles. The van der Waals surface area contributed by atoms with Gasteiger partial charge in [-0.3, -0.25) is 4.79 Å². The summed E-state index contributed by atoms with van der Waals surface area (Å²) in [7, 11) is 0. The van der Waals surface area contributed by atoms with Gasteiger partial charge in [-0.2, -0.15) is 0 Å². The lowest BCUT2D eigenvalue weighted by atomic mass is 10.2. The minimum Gasteiger partial charge on any atom is -0.381 e. The molecule has 0 aliphatic rings. The number of carbonyl (C=O) groups excluding carboxylic acids is 1. The van der Waals surface area contributed by atoms with Gasteiger partial charge in [0.25, 0.3) is 0 Å². The van der Waals surface area contributed by atoms with Gasteiger partial charge in [-0.05, 0) is 25.3 Å². The molecule has 102 valence electrons. The lowest BCUT2D eigenvalue weighted by molar-refractivity contribution is -0.120. The van der Waals surface area contributed by atoms with Crippen LogP contribution in [0.2, 0.25) is 0 Å². The van der Waals surface area contributed by atoms with E-state index in [0.717, 1.165) is 39.1 Å². The molecule has 4 nitrogen and oxygen atoms in total. The van der Waals surface area contributed by atoms with Crippen LogP contribution in [0.1, 0.15) is 40.0 Å². The molecule has 0 saturated carbocycles. The third-order valence-electron chi connectivity index (χ3n) is 2.28. The zero-order chi connectivity index (χ0) is 12.9. The maximum absolute atomic E-state index is 11.3. The molecule has 0 spiro atoms. The highest BCUT2D eigenvalue weighted by Crippen LogP contribution is 1.89. The van der Waals surface area contributed by atoms with Gasteiger partial charge >= 0.3 is 0 Å². The average Bonchev–Trinajstić information content (AvgIpc) is 2.30. The molecule has 0 aromatic rings. The first-order chi connectivity index (χ1) is 8.16. The van der Waals surface area contributed by atoms with Gasteiger partial charge < -0.3 is 15.4 Å². The monoisotopic (exact) mass is 244 g/mol. The first-order valence-corrected chi connectivity index (χ1v) is 6.72. The van der Waals surface area contributed by atoms with E-state index in [1.54, 1.807) is 0 Å². The van der Waals surface area contributed by atoms with Gasteiger partial charge in [-0.1, -0.05) is 27.2 Å². The molecular formula is C13H28N2O2. The van der Waals surface area contributed by atoms with Crippen LogP contribution in [-0.2, 0) is 9.53 Å². The zero-order valence-corrected chi connectivity index (χ0v) is 11.6. The molecule has 17 heavy (non-hydrogen) atoms. The van der Waals surface area contributed by atoms with E-state index in [1.807, 2.05) is 0 Å². The molecule has 0 aliphatic heterocycles. The number of hydrogen-bond donors (Lipinski definition) is 2. The van der Waals surface area contributed by atoms with Gasteiger partial charge in [0.15, 0.2) is 0 Å². The van der Waals surface area contributed by atoms with Gasteiger partial charge in [0.05, 0.1) is 6.54 Å². The summed E-state index contributed by atoms with van der Waals surface area (Å²) in [4.78, 5) is 11.3. The summed E-state index contributed by atoms with van der Waals surface area (Å²) in [6, 6.07) is 0. The minimum atomic E-state index is 0.0746. The first kappa shape index (κ1) is 16.4. The number of rotatable bonds is 11. The summed E-state index contributed by atoms with van der Waals surface area (Å²) in [5.41, 5.74) is 0. The molecule has 0 saturated heterocycles. The summed E-state index contributed by atoms with van der Waals surface area (Å²) < 4.78 is 5.42. The number of unbranched alkanes of at least 4 members (excludes halogenated alkanes) is 1. The molecular weight excluding hydrogens is 216 g/mol. The molecule has 0 aromatic carbocycles. The fourth-order valence-corrected chi connectivity index (χ4v) is 1.23. The van der Waals surface area contributed by atoms with E-state index in [4.69, 9.17) is 4.74 Å². The fraction of sp³-hybridized carbons (Fsp3) is 0.923. The molecule has 0 atom stereocenters. The quantitative estimate of drug-likeness (QED) is 0.542. The molecule has 0 radical (unpaired) electrons. The highest BCUT2D eigenvalue weighted by molar-refractivity contribution is 5.77. The standard InChI is InChI=1S/C13H28N2O2/c1-4-5-8-17-9-6-7-14-11-13(16)15-10-12(2)3/h12,14H,4-11H2,1-3H3,(H,15,16). The number of carbonyl (C=O) groups is 1. The Morgan fingerprint density at radius 2 is 1.94 bits per heavy atom.